The van der Waals surface area contributed by atoms with Gasteiger partial charge in [-0.25, -0.2) is 34.7 Å². The van der Waals surface area contributed by atoms with Gasteiger partial charge in [0.15, 0.2) is 4.34 Å². The first-order chi connectivity index (χ1) is 57.5. The van der Waals surface area contributed by atoms with Gasteiger partial charge in [0.05, 0.1) is 70.3 Å². The van der Waals surface area contributed by atoms with E-state index in [9.17, 15) is 77.4 Å². The van der Waals surface area contributed by atoms with Crippen molar-refractivity contribution in [1.29, 1.82) is 0 Å². The quantitative estimate of drug-likeness (QED) is 0.0438. The van der Waals surface area contributed by atoms with Crippen LogP contribution in [-0.4, -0.2) is 212 Å². The topological polar surface area (TPSA) is 616 Å². The zero-order chi connectivity index (χ0) is 89.4. The molecule has 18 N–H and O–H groups in total. The lowest BCUT2D eigenvalue weighted by atomic mass is 9.80. The van der Waals surface area contributed by atoms with E-state index in [-0.39, 0.29) is 99.0 Å². The van der Waals surface area contributed by atoms with Crippen molar-refractivity contribution in [2.24, 2.45) is 21.6 Å². The number of esters is 1. The maximum atomic E-state index is 15.4. The summed E-state index contributed by atoms with van der Waals surface area (Å²) < 4.78 is 26.4. The number of ether oxygens (including phenoxy) is 1. The summed E-state index contributed by atoms with van der Waals surface area (Å²) >= 11 is 3.39. The van der Waals surface area contributed by atoms with Crippen molar-refractivity contribution >= 4 is 167 Å². The molecule has 18 atom stereocenters. The third-order valence-corrected chi connectivity index (χ3v) is 26.5. The van der Waals surface area contributed by atoms with Gasteiger partial charge in [-0.3, -0.25) is 72.3 Å². The fraction of sp³-hybridized carbons (Fsp3) is 0.413. The highest BCUT2D eigenvalue weighted by molar-refractivity contribution is 8.14. The predicted octanol–water partition coefficient (Wildman–Crippen LogP) is 1.16. The van der Waals surface area contributed by atoms with Gasteiger partial charge in [0.2, 0.25) is 29.5 Å². The molecule has 5 aliphatic rings. The standard InChI is InChI=1S/C72H85N19O18S5.C3H3NO2S2/c1-14-26(3)47-63(105)78-30(7)57(99)75-28(5)56(98)76-31(8)58(100)91-72-19-18-40(66-85-43(22-111-66)59(101)77-29(6)55(97)74-27(4)54(73)96)81-52(72)42-21-112-67(83-42)49(34(11)109-69(107)41-20-37(32(9)92)36-16-17-39(79-47)51(95)50(36)80-41)89-60(102)44-24-113-68(86-44)53(71(13,108)35(12)94)90-62(104)45-23-110-65(84-45)38(15-2)82-64(106)48(33(10)93)88-61(103)46-25-114-70(72)87-46;5-8(6)3-4-1-2-7-3/h15-17,20-22,24-26,30-35,39,45,47-49,51-53,79,92-95,108H,4-6,14,18-19,23H2,1-3,7-13H3,(H2,73,96)(H,74,97)(H,75,99)(H,76,98)(H,77,101)(H,78,105)(H,82,106)(H,88,103)(H,89,102)(H,90,104)(H,91,100);1-2H,(H,5,6)/p-1/b38-15-;/t26-,30-,31-,32-,33+,34+,35+,39+,45+,47-,48-,49-,51-,52+,53+,71+,72+;/m0./s1. The van der Waals surface area contributed by atoms with Crippen molar-refractivity contribution in [3.8, 4) is 0 Å². The normalized spacial score (nSPS) is 26.0. The Labute approximate surface area is 723 Å². The molecule has 650 valence electrons. The number of pyridine rings is 1. The number of carbonyl (C=O) groups excluding carboxylic acids is 12. The Bertz CT molecular complexity index is 5300. The molecule has 0 saturated carbocycles. The summed E-state index contributed by atoms with van der Waals surface area (Å²) in [6, 6.07) is -11.6. The van der Waals surface area contributed by atoms with Gasteiger partial charge in [0.1, 0.15) is 113 Å². The molecule has 0 spiro atoms. The average molecular weight is 1810 g/mol. The summed E-state index contributed by atoms with van der Waals surface area (Å²) in [5, 5.41) is 93.9. The number of aliphatic hydroxyl groups excluding tert-OH is 4. The molecule has 47 heteroatoms. The van der Waals surface area contributed by atoms with Gasteiger partial charge in [-0.1, -0.05) is 58.2 Å². The molecule has 0 radical (unpaired) electrons. The van der Waals surface area contributed by atoms with Gasteiger partial charge in [-0.2, -0.15) is 0 Å². The smallest absolute Gasteiger partial charge is 0.357 e. The van der Waals surface area contributed by atoms with Crippen molar-refractivity contribution in [2.45, 2.75) is 189 Å². The first kappa shape index (κ1) is 93.5. The highest BCUT2D eigenvalue weighted by Crippen LogP contribution is 2.48. The van der Waals surface area contributed by atoms with Crippen LogP contribution in [0.5, 0.6) is 0 Å². The molecule has 4 aliphatic heterocycles. The maximum absolute atomic E-state index is 15.4. The molecular weight excluding hydrogens is 1730 g/mol. The van der Waals surface area contributed by atoms with Crippen LogP contribution in [-0.2, 0) is 59.7 Å². The Hall–Kier alpha value is -10.8. The lowest BCUT2D eigenvalue weighted by Crippen LogP contribution is -2.57. The maximum Gasteiger partial charge on any atom is 0.357 e. The summed E-state index contributed by atoms with van der Waals surface area (Å²) in [7, 11) is 0. The molecule has 0 fully saturated rings. The van der Waals surface area contributed by atoms with Gasteiger partial charge < -0.3 is 93.7 Å². The van der Waals surface area contributed by atoms with Gasteiger partial charge in [-0.05, 0) is 85.8 Å². The number of nitrogens with one attached hydrogen (secondary N) is 11. The number of nitrogens with zero attached hydrogens (tertiary/aromatic N) is 8. The molecule has 0 saturated heterocycles. The fourth-order valence-electron chi connectivity index (χ4n) is 12.6. The number of aliphatic imine (C=N–C) groups is 2. The number of rotatable bonds is 13. The number of allylic oxidation sites excluding steroid dienone is 1. The second-order valence-electron chi connectivity index (χ2n) is 28.8. The molecule has 40 nitrogen and oxygen atoms in total. The van der Waals surface area contributed by atoms with E-state index >= 15 is 14.4 Å². The van der Waals surface area contributed by atoms with Crippen LogP contribution in [0.4, 0.5) is 0 Å². The number of fused-ring (bicyclic) bond motifs is 7. The van der Waals surface area contributed by atoms with Crippen LogP contribution in [0.2, 0.25) is 0 Å². The molecule has 6 aromatic rings. The van der Waals surface area contributed by atoms with Crippen molar-refractivity contribution < 1.29 is 96.6 Å². The zero-order valence-corrected chi connectivity index (χ0v) is 72.5. The van der Waals surface area contributed by atoms with E-state index < -0.39 is 207 Å². The number of aromatic nitrogens is 6. The van der Waals surface area contributed by atoms with E-state index in [0.717, 1.165) is 68.4 Å². The lowest BCUT2D eigenvalue weighted by Gasteiger charge is -2.41. The molecular formula is C75H87N20O20S7-. The van der Waals surface area contributed by atoms with Crippen LogP contribution in [0, 0.1) is 5.92 Å². The van der Waals surface area contributed by atoms with E-state index in [1.165, 1.54) is 94.4 Å². The highest BCUT2D eigenvalue weighted by Gasteiger charge is 2.51. The number of thiazole rings is 5. The van der Waals surface area contributed by atoms with Gasteiger partial charge in [0.25, 0.3) is 35.4 Å². The van der Waals surface area contributed by atoms with E-state index in [2.05, 4.69) is 103 Å². The summed E-state index contributed by atoms with van der Waals surface area (Å²) in [6.07, 6.45) is -1.73. The molecule has 11 amide bonds. The van der Waals surface area contributed by atoms with Crippen LogP contribution >= 0.6 is 68.4 Å². The number of hydrogen-bond acceptors (Lipinski definition) is 35. The molecule has 6 aromatic heterocycles. The number of nitrogens with two attached hydrogens (primary N) is 1. The first-order valence-corrected chi connectivity index (χ1v) is 43.9. The molecule has 10 heterocycles. The molecule has 122 heavy (non-hydrogen) atoms. The summed E-state index contributed by atoms with van der Waals surface area (Å²) in [5.74, 6) is -12.2. The number of cyclic esters (lactones) is 1. The summed E-state index contributed by atoms with van der Waals surface area (Å²) in [4.78, 5) is 207. The number of carbonyl (C=O) groups is 12. The Morgan fingerprint density at radius 3 is 2.12 bits per heavy atom. The Balaban J connectivity index is 0.00000184. The first-order valence-electron chi connectivity index (χ1n) is 37.4. The number of primary amides is 1. The molecule has 11 rings (SSSR count). The number of aliphatic hydroxyl groups is 5. The molecule has 1 aliphatic carbocycles. The number of hydrogen-bond donors (Lipinski definition) is 17. The van der Waals surface area contributed by atoms with Crippen molar-refractivity contribution in [1.82, 2.24) is 88.4 Å². The molecule has 0 aromatic carbocycles. The molecule has 13 bridgehead atoms. The average Bonchev–Trinajstić information content (AvgIpc) is 1.06. The highest BCUT2D eigenvalue weighted by atomic mass is 32.2. The lowest BCUT2D eigenvalue weighted by molar-refractivity contribution is -0.131. The minimum atomic E-state index is -2.21. The minimum Gasteiger partial charge on any atom is -0.767 e. The largest absolute Gasteiger partial charge is 0.767 e. The monoisotopic (exact) mass is 1810 g/mol. The SMILES string of the molecule is C=C(NC(=O)C(=C)NC(=O)c1csc(C2=N[C@@H]3c4csc(n4)[C@H]4NC(=O)c5csc(n5)[C@H]([C@](C)(O)[C@@H](C)O)NC(=O)[C@H]5CSC(=N5)/C(=C/C)NC(=O)[C@H]([C@@H](C)O)NC(=O)c5csc(n5)[C@]3(CC2)NC(=O)[C@H](C)NC(=O)C(=C)NC(=O)[C@H](C)NC(=O)[C@H]([C@@H](C)CC)N[C@@H]2C=Cc3c([C@H](C)O)cc(nc3[C@H]2O)C(=O)O[C@@H]4C)n1)C(N)=O.O=S([O-])c1nccs1. The zero-order valence-electron chi connectivity index (χ0n) is 66.8. The Morgan fingerprint density at radius 1 is 0.787 bits per heavy atom. The Kier molecular flexibility index (Phi) is 30.3. The van der Waals surface area contributed by atoms with E-state index in [4.69, 9.17) is 25.4 Å². The van der Waals surface area contributed by atoms with Gasteiger partial charge >= 0.3 is 5.97 Å². The van der Waals surface area contributed by atoms with Crippen molar-refractivity contribution in [3.63, 3.8) is 0 Å². The summed E-state index contributed by atoms with van der Waals surface area (Å²) in [5.41, 5.74) is -1.79. The van der Waals surface area contributed by atoms with Crippen LogP contribution in [0.1, 0.15) is 203 Å². The van der Waals surface area contributed by atoms with E-state index in [1.54, 1.807) is 32.2 Å². The van der Waals surface area contributed by atoms with Crippen LogP contribution in [0.25, 0.3) is 6.08 Å². The fourth-order valence-corrected chi connectivity index (χ4v) is 18.5. The summed E-state index contributed by atoms with van der Waals surface area (Å²) in [6.45, 7) is 24.9. The third kappa shape index (κ3) is 21.3. The second kappa shape index (κ2) is 39.6. The van der Waals surface area contributed by atoms with E-state index in [0.29, 0.717) is 6.42 Å². The third-order valence-electron chi connectivity index (χ3n) is 20.0. The second-order valence-corrected chi connectivity index (χ2v) is 35.3. The van der Waals surface area contributed by atoms with Gasteiger partial charge in [0, 0.05) is 55.5 Å². The molecule has 1 unspecified atom stereocenters. The van der Waals surface area contributed by atoms with Crippen LogP contribution in [0.3, 0.4) is 0 Å². The predicted molar refractivity (Wildman–Crippen MR) is 447 cm³/mol. The van der Waals surface area contributed by atoms with Crippen molar-refractivity contribution in [2.75, 3.05) is 5.75 Å². The van der Waals surface area contributed by atoms with E-state index in [1.807, 2.05) is 0 Å². The van der Waals surface area contributed by atoms with Crippen LogP contribution in [0.15, 0.2) is 108 Å². The Morgan fingerprint density at radius 2 is 1.48 bits per heavy atom. The number of amides is 11. The van der Waals surface area contributed by atoms with Crippen molar-refractivity contribution in [3.05, 3.63) is 159 Å². The minimum absolute atomic E-state index is 0.0158. The van der Waals surface area contributed by atoms with Gasteiger partial charge in [-0.15, -0.1) is 68.4 Å². The number of thioether (sulfide) groups is 1. The van der Waals surface area contributed by atoms with Crippen LogP contribution < -0.4 is 64.2 Å².